The molecule has 1 aromatic rings. The number of alkyl halides is 3. The van der Waals surface area contributed by atoms with Gasteiger partial charge in [0.15, 0.2) is 0 Å². The molecule has 1 aromatic carbocycles. The number of hydrogen-bond acceptors (Lipinski definition) is 3. The summed E-state index contributed by atoms with van der Waals surface area (Å²) in [5, 5.41) is 4.02. The van der Waals surface area contributed by atoms with Crippen LogP contribution >= 0.6 is 11.8 Å². The maximum absolute atomic E-state index is 12.7. The van der Waals surface area contributed by atoms with Crippen LogP contribution in [0.5, 0.6) is 0 Å². The van der Waals surface area contributed by atoms with Crippen LogP contribution in [-0.2, 0) is 11.0 Å². The summed E-state index contributed by atoms with van der Waals surface area (Å²) in [6.07, 6.45) is -4.44. The Kier molecular flexibility index (Phi) is 6.10. The molecule has 8 heteroatoms. The molecular formula is C15H19F3N2O2S. The molecule has 0 aliphatic rings. The van der Waals surface area contributed by atoms with Crippen molar-refractivity contribution in [1.29, 1.82) is 0 Å². The number of imide groups is 1. The van der Waals surface area contributed by atoms with E-state index in [2.05, 4.69) is 10.6 Å². The number of carbonyl (C=O) groups is 2. The second kappa shape index (κ2) is 7.25. The first-order valence-electron chi connectivity index (χ1n) is 6.85. The summed E-state index contributed by atoms with van der Waals surface area (Å²) in [6.45, 7) is 6.80. The van der Waals surface area contributed by atoms with E-state index in [1.54, 1.807) is 20.8 Å². The van der Waals surface area contributed by atoms with E-state index in [0.29, 0.717) is 4.90 Å². The third-order valence-corrected chi connectivity index (χ3v) is 3.66. The van der Waals surface area contributed by atoms with E-state index in [0.717, 1.165) is 23.9 Å². The molecule has 0 aliphatic carbocycles. The normalized spacial score (nSPS) is 13.3. The fourth-order valence-electron chi connectivity index (χ4n) is 1.59. The summed E-state index contributed by atoms with van der Waals surface area (Å²) in [5.41, 5.74) is -1.28. The van der Waals surface area contributed by atoms with Crippen LogP contribution in [0.25, 0.3) is 0 Å². The van der Waals surface area contributed by atoms with Gasteiger partial charge in [0, 0.05) is 10.4 Å². The van der Waals surface area contributed by atoms with E-state index < -0.39 is 34.5 Å². The molecule has 3 amide bonds. The zero-order valence-electron chi connectivity index (χ0n) is 13.2. The molecule has 0 aromatic heterocycles. The summed E-state index contributed by atoms with van der Waals surface area (Å²) < 4.78 is 38.0. The van der Waals surface area contributed by atoms with Crippen LogP contribution in [0.1, 0.15) is 33.3 Å². The highest BCUT2D eigenvalue weighted by Crippen LogP contribution is 2.33. The van der Waals surface area contributed by atoms with Gasteiger partial charge < -0.3 is 5.32 Å². The van der Waals surface area contributed by atoms with E-state index in [1.807, 2.05) is 0 Å². The first-order chi connectivity index (χ1) is 10.4. The second-order valence-corrected chi connectivity index (χ2v) is 7.39. The van der Waals surface area contributed by atoms with E-state index in [9.17, 15) is 22.8 Å². The maximum Gasteiger partial charge on any atom is 0.416 e. The highest BCUT2D eigenvalue weighted by atomic mass is 32.2. The Balaban J connectivity index is 2.67. The molecule has 0 spiro atoms. The number of nitrogens with one attached hydrogen (secondary N) is 2. The van der Waals surface area contributed by atoms with Crippen molar-refractivity contribution in [3.05, 3.63) is 29.8 Å². The monoisotopic (exact) mass is 348 g/mol. The molecule has 4 nitrogen and oxygen atoms in total. The standard InChI is InChI=1S/C15H19F3N2O2S/c1-9(12(21)19-13(22)20-14(2,3)4)23-11-7-5-6-10(8-11)15(16,17)18/h5-9H,1-4H3,(H2,19,20,21,22)/t9-/m1/s1. The minimum atomic E-state index is -4.44. The van der Waals surface area contributed by atoms with Crippen LogP contribution in [0, 0.1) is 0 Å². The molecule has 0 fully saturated rings. The molecule has 1 atom stereocenters. The maximum atomic E-state index is 12.7. The largest absolute Gasteiger partial charge is 0.416 e. The van der Waals surface area contributed by atoms with Crippen molar-refractivity contribution in [2.75, 3.05) is 0 Å². The zero-order valence-corrected chi connectivity index (χ0v) is 14.1. The molecule has 0 saturated carbocycles. The number of halogens is 3. The van der Waals surface area contributed by atoms with E-state index in [1.165, 1.54) is 19.1 Å². The van der Waals surface area contributed by atoms with Crippen molar-refractivity contribution in [1.82, 2.24) is 10.6 Å². The average molecular weight is 348 g/mol. The molecule has 23 heavy (non-hydrogen) atoms. The molecule has 0 unspecified atom stereocenters. The van der Waals surface area contributed by atoms with Gasteiger partial charge in [-0.2, -0.15) is 13.2 Å². The molecule has 2 N–H and O–H groups in total. The highest BCUT2D eigenvalue weighted by Gasteiger charge is 2.30. The quantitative estimate of drug-likeness (QED) is 0.817. The Bertz CT molecular complexity index is 583. The van der Waals surface area contributed by atoms with Crippen LogP contribution in [0.3, 0.4) is 0 Å². The lowest BCUT2D eigenvalue weighted by molar-refractivity contribution is -0.137. The fraction of sp³-hybridized carbons (Fsp3) is 0.467. The molecular weight excluding hydrogens is 329 g/mol. The number of hydrogen-bond donors (Lipinski definition) is 2. The SMILES string of the molecule is C[C@@H](Sc1cccc(C(F)(F)F)c1)C(=O)NC(=O)NC(C)(C)C. The van der Waals surface area contributed by atoms with E-state index in [4.69, 9.17) is 0 Å². The zero-order chi connectivity index (χ0) is 17.8. The van der Waals surface area contributed by atoms with Gasteiger partial charge in [-0.15, -0.1) is 11.8 Å². The Labute approximate surface area is 137 Å². The predicted molar refractivity (Wildman–Crippen MR) is 83.2 cm³/mol. The lowest BCUT2D eigenvalue weighted by Crippen LogP contribution is -2.49. The van der Waals surface area contributed by atoms with Gasteiger partial charge in [-0.05, 0) is 45.9 Å². The Morgan fingerprint density at radius 1 is 1.17 bits per heavy atom. The van der Waals surface area contributed by atoms with Crippen molar-refractivity contribution >= 4 is 23.7 Å². The summed E-state index contributed by atoms with van der Waals surface area (Å²) in [7, 11) is 0. The predicted octanol–water partition coefficient (Wildman–Crippen LogP) is 3.81. The van der Waals surface area contributed by atoms with Crippen LogP contribution in [-0.4, -0.2) is 22.7 Å². The Hall–Kier alpha value is -1.70. The number of rotatable bonds is 3. The minimum Gasteiger partial charge on any atom is -0.333 e. The van der Waals surface area contributed by atoms with Gasteiger partial charge in [-0.25, -0.2) is 4.79 Å². The third kappa shape index (κ3) is 6.94. The molecule has 0 radical (unpaired) electrons. The molecule has 0 aliphatic heterocycles. The van der Waals surface area contributed by atoms with Crippen molar-refractivity contribution < 1.29 is 22.8 Å². The molecule has 0 heterocycles. The average Bonchev–Trinajstić information content (AvgIpc) is 2.35. The van der Waals surface area contributed by atoms with Gasteiger partial charge in [-0.3, -0.25) is 10.1 Å². The van der Waals surface area contributed by atoms with Gasteiger partial charge in [0.1, 0.15) is 0 Å². The summed E-state index contributed by atoms with van der Waals surface area (Å²) in [5.74, 6) is -0.575. The second-order valence-electron chi connectivity index (χ2n) is 5.98. The first kappa shape index (κ1) is 19.3. The summed E-state index contributed by atoms with van der Waals surface area (Å²) in [4.78, 5) is 23.8. The fourth-order valence-corrected chi connectivity index (χ4v) is 2.52. The lowest BCUT2D eigenvalue weighted by Gasteiger charge is -2.21. The minimum absolute atomic E-state index is 0.304. The Morgan fingerprint density at radius 3 is 2.30 bits per heavy atom. The molecule has 1 rings (SSSR count). The van der Waals surface area contributed by atoms with E-state index in [-0.39, 0.29) is 0 Å². The topological polar surface area (TPSA) is 58.2 Å². The van der Waals surface area contributed by atoms with Crippen LogP contribution in [0.2, 0.25) is 0 Å². The van der Waals surface area contributed by atoms with Crippen molar-refractivity contribution in [3.8, 4) is 0 Å². The molecule has 0 saturated heterocycles. The van der Waals surface area contributed by atoms with E-state index >= 15 is 0 Å². The Morgan fingerprint density at radius 2 is 1.78 bits per heavy atom. The summed E-state index contributed by atoms with van der Waals surface area (Å²) in [6, 6.07) is 4.06. The number of carbonyl (C=O) groups excluding carboxylic acids is 2. The van der Waals surface area contributed by atoms with Gasteiger partial charge in [0.25, 0.3) is 0 Å². The van der Waals surface area contributed by atoms with Gasteiger partial charge in [-0.1, -0.05) is 6.07 Å². The molecule has 128 valence electrons. The highest BCUT2D eigenvalue weighted by molar-refractivity contribution is 8.00. The van der Waals surface area contributed by atoms with Crippen molar-refractivity contribution in [3.63, 3.8) is 0 Å². The van der Waals surface area contributed by atoms with Crippen molar-refractivity contribution in [2.24, 2.45) is 0 Å². The van der Waals surface area contributed by atoms with Gasteiger partial charge in [0.2, 0.25) is 5.91 Å². The third-order valence-electron chi connectivity index (χ3n) is 2.57. The van der Waals surface area contributed by atoms with Crippen LogP contribution in [0.4, 0.5) is 18.0 Å². The van der Waals surface area contributed by atoms with Crippen molar-refractivity contribution in [2.45, 2.75) is 49.6 Å². The van der Waals surface area contributed by atoms with Crippen LogP contribution < -0.4 is 10.6 Å². The van der Waals surface area contributed by atoms with Gasteiger partial charge >= 0.3 is 12.2 Å². The smallest absolute Gasteiger partial charge is 0.333 e. The number of benzene rings is 1. The first-order valence-corrected chi connectivity index (χ1v) is 7.73. The van der Waals surface area contributed by atoms with Gasteiger partial charge in [0.05, 0.1) is 10.8 Å². The lowest BCUT2D eigenvalue weighted by atomic mass is 10.1. The van der Waals surface area contributed by atoms with Crippen LogP contribution in [0.15, 0.2) is 29.2 Å². The number of thioether (sulfide) groups is 1. The summed E-state index contributed by atoms with van der Waals surface area (Å²) >= 11 is 0.950. The number of amides is 3. The number of urea groups is 1. The molecule has 0 bridgehead atoms.